The van der Waals surface area contributed by atoms with Crippen LogP contribution in [0.25, 0.3) is 10.9 Å². The Labute approximate surface area is 142 Å². The minimum atomic E-state index is -3.80. The molecule has 2 aromatic heterocycles. The lowest BCUT2D eigenvalue weighted by Crippen LogP contribution is -2.27. The average molecular weight is 364 g/mol. The van der Waals surface area contributed by atoms with E-state index in [4.69, 9.17) is 4.52 Å². The van der Waals surface area contributed by atoms with Gasteiger partial charge in [-0.05, 0) is 38.5 Å². The summed E-state index contributed by atoms with van der Waals surface area (Å²) in [5.74, 6) is 0.651. The van der Waals surface area contributed by atoms with Gasteiger partial charge in [0, 0.05) is 12.1 Å². The van der Waals surface area contributed by atoms with Crippen molar-refractivity contribution in [3.05, 3.63) is 56.1 Å². The number of H-pyrrole nitrogens is 2. The molecule has 0 radical (unpaired) electrons. The molecule has 0 spiro atoms. The molecule has 0 bridgehead atoms. The smallest absolute Gasteiger partial charge is 0.326 e. The van der Waals surface area contributed by atoms with E-state index in [1.54, 1.807) is 13.8 Å². The molecule has 10 heteroatoms. The maximum atomic E-state index is 12.4. The first-order valence-electron chi connectivity index (χ1n) is 7.46. The molecule has 0 amide bonds. The van der Waals surface area contributed by atoms with Crippen LogP contribution in [0.2, 0.25) is 0 Å². The summed E-state index contributed by atoms with van der Waals surface area (Å²) < 4.78 is 32.4. The quantitative estimate of drug-likeness (QED) is 0.597. The van der Waals surface area contributed by atoms with Crippen LogP contribution in [0.15, 0.2) is 37.2 Å². The second-order valence-electron chi connectivity index (χ2n) is 5.57. The number of nitrogens with one attached hydrogen (secondary N) is 3. The van der Waals surface area contributed by atoms with Gasteiger partial charge in [-0.15, -0.1) is 0 Å². The van der Waals surface area contributed by atoms with Crippen molar-refractivity contribution < 1.29 is 12.9 Å². The molecule has 0 aliphatic carbocycles. The summed E-state index contributed by atoms with van der Waals surface area (Å²) in [7, 11) is -3.80. The number of fused-ring (bicyclic) bond motifs is 1. The number of sulfonamides is 1. The summed E-state index contributed by atoms with van der Waals surface area (Å²) in [4.78, 5) is 27.5. The highest BCUT2D eigenvalue weighted by Crippen LogP contribution is 2.15. The van der Waals surface area contributed by atoms with E-state index in [-0.39, 0.29) is 22.3 Å². The number of benzene rings is 1. The number of rotatable bonds is 5. The van der Waals surface area contributed by atoms with Crippen molar-refractivity contribution in [3.63, 3.8) is 0 Å². The lowest BCUT2D eigenvalue weighted by atomic mass is 10.1. The maximum absolute atomic E-state index is 12.4. The summed E-state index contributed by atoms with van der Waals surface area (Å²) in [6, 6.07) is 3.94. The molecule has 0 saturated heterocycles. The van der Waals surface area contributed by atoms with Gasteiger partial charge in [0.05, 0.1) is 21.5 Å². The Morgan fingerprint density at radius 1 is 1.20 bits per heavy atom. The Kier molecular flexibility index (Phi) is 4.31. The minimum Gasteiger partial charge on any atom is -0.361 e. The molecule has 0 atom stereocenters. The number of aromatic amines is 2. The molecule has 3 rings (SSSR count). The molecule has 3 aromatic rings. The van der Waals surface area contributed by atoms with Crippen LogP contribution in [0.5, 0.6) is 0 Å². The van der Waals surface area contributed by atoms with Crippen LogP contribution in [0.4, 0.5) is 0 Å². The molecule has 0 aliphatic heterocycles. The van der Waals surface area contributed by atoms with E-state index in [0.29, 0.717) is 12.2 Å². The van der Waals surface area contributed by atoms with Gasteiger partial charge in [0.25, 0.3) is 5.56 Å². The Morgan fingerprint density at radius 3 is 2.64 bits per heavy atom. The molecular formula is C15H16N4O5S. The highest BCUT2D eigenvalue weighted by molar-refractivity contribution is 7.89. The number of nitrogens with zero attached hydrogens (tertiary/aromatic N) is 1. The Hall–Kier alpha value is -2.72. The molecular weight excluding hydrogens is 348 g/mol. The molecule has 9 nitrogen and oxygen atoms in total. The van der Waals surface area contributed by atoms with Crippen molar-refractivity contribution in [2.75, 3.05) is 6.54 Å². The third kappa shape index (κ3) is 3.39. The minimum absolute atomic E-state index is 0.0590. The van der Waals surface area contributed by atoms with Gasteiger partial charge in [-0.1, -0.05) is 5.16 Å². The van der Waals surface area contributed by atoms with E-state index in [0.717, 1.165) is 11.3 Å². The molecule has 25 heavy (non-hydrogen) atoms. The monoisotopic (exact) mass is 364 g/mol. The molecule has 0 aliphatic rings. The highest BCUT2D eigenvalue weighted by Gasteiger charge is 2.16. The average Bonchev–Trinajstić information content (AvgIpc) is 2.86. The third-order valence-corrected chi connectivity index (χ3v) is 5.33. The van der Waals surface area contributed by atoms with Gasteiger partial charge >= 0.3 is 5.69 Å². The van der Waals surface area contributed by atoms with Gasteiger partial charge < -0.3 is 9.51 Å². The first-order valence-corrected chi connectivity index (χ1v) is 8.94. The van der Waals surface area contributed by atoms with Gasteiger partial charge in [0.15, 0.2) is 0 Å². The van der Waals surface area contributed by atoms with Crippen LogP contribution < -0.4 is 16.0 Å². The van der Waals surface area contributed by atoms with Crippen LogP contribution >= 0.6 is 0 Å². The molecule has 2 heterocycles. The van der Waals surface area contributed by atoms with E-state index in [2.05, 4.69) is 19.8 Å². The second-order valence-corrected chi connectivity index (χ2v) is 7.33. The lowest BCUT2D eigenvalue weighted by molar-refractivity contribution is 0.392. The summed E-state index contributed by atoms with van der Waals surface area (Å²) >= 11 is 0. The fraction of sp³-hybridized carbons (Fsp3) is 0.267. The summed E-state index contributed by atoms with van der Waals surface area (Å²) in [6.07, 6.45) is 0.432. The second kappa shape index (κ2) is 6.30. The van der Waals surface area contributed by atoms with Crippen molar-refractivity contribution in [1.82, 2.24) is 19.8 Å². The molecule has 0 saturated carbocycles. The zero-order chi connectivity index (χ0) is 18.2. The predicted molar refractivity (Wildman–Crippen MR) is 90.1 cm³/mol. The zero-order valence-corrected chi connectivity index (χ0v) is 14.4. The topological polar surface area (TPSA) is 138 Å². The predicted octanol–water partition coefficient (Wildman–Crippen LogP) is 0.342. The first-order chi connectivity index (χ1) is 11.8. The first kappa shape index (κ1) is 17.1. The number of hydrogen-bond donors (Lipinski definition) is 3. The van der Waals surface area contributed by atoms with Gasteiger partial charge in [-0.2, -0.15) is 0 Å². The molecule has 3 N–H and O–H groups in total. The van der Waals surface area contributed by atoms with Crippen LogP contribution in [0, 0.1) is 13.8 Å². The fourth-order valence-corrected chi connectivity index (χ4v) is 3.62. The highest BCUT2D eigenvalue weighted by atomic mass is 32.2. The normalized spacial score (nSPS) is 11.9. The van der Waals surface area contributed by atoms with E-state index in [1.807, 2.05) is 0 Å². The van der Waals surface area contributed by atoms with E-state index >= 15 is 0 Å². The standard InChI is InChI=1S/C15H16N4O5S/c1-8-11(9(2)24-19-8)5-6-16-25(22,23)10-3-4-13-12(7-10)14(20)18-15(21)17-13/h3-4,7,16H,5-6H2,1-2H3,(H2,17,18,20,21). The Balaban J connectivity index is 1.84. The molecule has 132 valence electrons. The SMILES string of the molecule is Cc1noc(C)c1CCNS(=O)(=O)c1ccc2[nH]c(=O)[nH]c(=O)c2c1. The van der Waals surface area contributed by atoms with Crippen LogP contribution in [0.3, 0.4) is 0 Å². The Bertz CT molecular complexity index is 1140. The third-order valence-electron chi connectivity index (χ3n) is 3.87. The van der Waals surface area contributed by atoms with Gasteiger partial charge in [-0.25, -0.2) is 17.9 Å². The lowest BCUT2D eigenvalue weighted by Gasteiger charge is -2.07. The molecule has 0 fully saturated rings. The largest absolute Gasteiger partial charge is 0.361 e. The van der Waals surface area contributed by atoms with Crippen LogP contribution in [-0.2, 0) is 16.4 Å². The number of aryl methyl sites for hydroxylation is 2. The van der Waals surface area contributed by atoms with Crippen LogP contribution in [-0.4, -0.2) is 30.1 Å². The number of hydrogen-bond acceptors (Lipinski definition) is 6. The van der Waals surface area contributed by atoms with Crippen molar-refractivity contribution in [2.45, 2.75) is 25.2 Å². The van der Waals surface area contributed by atoms with Crippen molar-refractivity contribution in [3.8, 4) is 0 Å². The maximum Gasteiger partial charge on any atom is 0.326 e. The summed E-state index contributed by atoms with van der Waals surface area (Å²) in [5.41, 5.74) is 0.550. The van der Waals surface area contributed by atoms with Gasteiger partial charge in [0.1, 0.15) is 5.76 Å². The van der Waals surface area contributed by atoms with Crippen LogP contribution in [0.1, 0.15) is 17.0 Å². The van der Waals surface area contributed by atoms with E-state index in [9.17, 15) is 18.0 Å². The molecule has 1 aromatic carbocycles. The van der Waals surface area contributed by atoms with Gasteiger partial charge in [-0.3, -0.25) is 9.78 Å². The Morgan fingerprint density at radius 2 is 1.96 bits per heavy atom. The van der Waals surface area contributed by atoms with Gasteiger partial charge in [0.2, 0.25) is 10.0 Å². The fourth-order valence-electron chi connectivity index (χ4n) is 2.56. The van der Waals surface area contributed by atoms with E-state index < -0.39 is 21.3 Å². The van der Waals surface area contributed by atoms with Crippen molar-refractivity contribution >= 4 is 20.9 Å². The summed E-state index contributed by atoms with van der Waals surface area (Å²) in [5, 5.41) is 3.91. The summed E-state index contributed by atoms with van der Waals surface area (Å²) in [6.45, 7) is 3.71. The van der Waals surface area contributed by atoms with Crippen molar-refractivity contribution in [1.29, 1.82) is 0 Å². The van der Waals surface area contributed by atoms with E-state index in [1.165, 1.54) is 18.2 Å². The number of aromatic nitrogens is 3. The zero-order valence-electron chi connectivity index (χ0n) is 13.5. The molecule has 0 unspecified atom stereocenters. The van der Waals surface area contributed by atoms with Crippen molar-refractivity contribution in [2.24, 2.45) is 0 Å².